The molecule has 2 aromatic heterocycles. The van der Waals surface area contributed by atoms with Crippen LogP contribution in [0, 0.1) is 11.3 Å². The average Bonchev–Trinajstić information content (AvgIpc) is 2.77. The van der Waals surface area contributed by atoms with E-state index in [1.54, 1.807) is 0 Å². The van der Waals surface area contributed by atoms with Crippen molar-refractivity contribution in [1.82, 2.24) is 4.98 Å². The first-order valence-corrected chi connectivity index (χ1v) is 8.16. The van der Waals surface area contributed by atoms with Crippen LogP contribution in [0.25, 0.3) is 10.2 Å². The zero-order valence-electron chi connectivity index (χ0n) is 12.0. The predicted molar refractivity (Wildman–Crippen MR) is 84.8 cm³/mol. The van der Waals surface area contributed by atoms with E-state index in [2.05, 4.69) is 26.8 Å². The molecule has 0 radical (unpaired) electrons. The lowest BCUT2D eigenvalue weighted by Gasteiger charge is -2.34. The number of pyridine rings is 1. The zero-order chi connectivity index (χ0) is 14.5. The van der Waals surface area contributed by atoms with Crippen molar-refractivity contribution in [1.29, 1.82) is 0 Å². The molecule has 0 N–H and O–H groups in total. The minimum absolute atomic E-state index is 0.332. The second-order valence-electron chi connectivity index (χ2n) is 6.68. The van der Waals surface area contributed by atoms with Gasteiger partial charge in [-0.2, -0.15) is 0 Å². The van der Waals surface area contributed by atoms with E-state index in [1.165, 1.54) is 29.0 Å². The minimum Gasteiger partial charge on any atom is -0.275 e. The lowest BCUT2D eigenvalue weighted by molar-refractivity contribution is 0.108. The molecule has 0 fully saturated rings. The highest BCUT2D eigenvalue weighted by atomic mass is 35.5. The highest BCUT2D eigenvalue weighted by molar-refractivity contribution is 7.21. The molecule has 0 amide bonds. The van der Waals surface area contributed by atoms with Gasteiger partial charge in [-0.25, -0.2) is 4.98 Å². The Morgan fingerprint density at radius 2 is 2.15 bits per heavy atom. The molecule has 0 aromatic carbocycles. The van der Waals surface area contributed by atoms with Crippen molar-refractivity contribution >= 4 is 38.4 Å². The van der Waals surface area contributed by atoms with Crippen molar-refractivity contribution in [2.45, 2.75) is 40.0 Å². The van der Waals surface area contributed by atoms with Gasteiger partial charge in [0, 0.05) is 11.1 Å². The number of aryl methyl sites for hydroxylation is 1. The number of carbonyl (C=O) groups is 1. The van der Waals surface area contributed by atoms with Crippen molar-refractivity contribution in [3.8, 4) is 0 Å². The first-order valence-electron chi connectivity index (χ1n) is 6.97. The number of carbonyl (C=O) groups excluding carboxylic acids is 1. The van der Waals surface area contributed by atoms with Crippen LogP contribution in [0.4, 0.5) is 0 Å². The number of fused-ring (bicyclic) bond motifs is 2. The molecule has 0 bridgehead atoms. The average molecular weight is 308 g/mol. The van der Waals surface area contributed by atoms with Crippen molar-refractivity contribution in [3.63, 3.8) is 0 Å². The van der Waals surface area contributed by atoms with E-state index in [9.17, 15) is 4.79 Å². The molecule has 3 rings (SSSR count). The van der Waals surface area contributed by atoms with E-state index in [-0.39, 0.29) is 0 Å². The lowest BCUT2D eigenvalue weighted by Crippen LogP contribution is -2.27. The fourth-order valence-corrected chi connectivity index (χ4v) is 4.00. The summed E-state index contributed by atoms with van der Waals surface area (Å²) >= 11 is 6.95. The van der Waals surface area contributed by atoms with Gasteiger partial charge in [-0.1, -0.05) is 20.8 Å². The Balaban J connectivity index is 2.02. The second kappa shape index (κ2) is 4.81. The molecule has 1 atom stereocenters. The topological polar surface area (TPSA) is 30.0 Å². The standard InChI is InChI=1S/C16H18ClNOS/c1-16(2,3)11-4-5-12-9(7-11)6-10-8-13(14(17)19)20-15(10)18-12/h6,8,11H,4-5,7H2,1-3H3. The van der Waals surface area contributed by atoms with Crippen LogP contribution in [-0.4, -0.2) is 10.2 Å². The van der Waals surface area contributed by atoms with Gasteiger partial charge in [0.25, 0.3) is 5.24 Å². The van der Waals surface area contributed by atoms with Gasteiger partial charge in [0.2, 0.25) is 0 Å². The highest BCUT2D eigenvalue weighted by Gasteiger charge is 2.29. The Hall–Kier alpha value is -0.930. The Kier molecular flexibility index (Phi) is 3.38. The van der Waals surface area contributed by atoms with Gasteiger partial charge in [-0.05, 0) is 59.9 Å². The van der Waals surface area contributed by atoms with Crippen LogP contribution in [0.2, 0.25) is 0 Å². The number of nitrogens with zero attached hydrogens (tertiary/aromatic N) is 1. The molecule has 1 unspecified atom stereocenters. The van der Waals surface area contributed by atoms with E-state index in [0.717, 1.165) is 23.1 Å². The third-order valence-electron chi connectivity index (χ3n) is 4.29. The van der Waals surface area contributed by atoms with E-state index in [4.69, 9.17) is 16.6 Å². The molecule has 2 heterocycles. The number of thiophene rings is 1. The van der Waals surface area contributed by atoms with Gasteiger partial charge in [0.15, 0.2) is 0 Å². The first-order chi connectivity index (χ1) is 9.34. The van der Waals surface area contributed by atoms with Crippen molar-refractivity contribution < 1.29 is 4.79 Å². The van der Waals surface area contributed by atoms with E-state index in [0.29, 0.717) is 16.2 Å². The maximum Gasteiger partial charge on any atom is 0.262 e. The van der Waals surface area contributed by atoms with E-state index >= 15 is 0 Å². The molecule has 0 spiro atoms. The van der Waals surface area contributed by atoms with Crippen molar-refractivity contribution in [2.24, 2.45) is 11.3 Å². The summed E-state index contributed by atoms with van der Waals surface area (Å²) in [4.78, 5) is 17.5. The van der Waals surface area contributed by atoms with Gasteiger partial charge in [-0.3, -0.25) is 4.79 Å². The summed E-state index contributed by atoms with van der Waals surface area (Å²) in [6.45, 7) is 6.93. The van der Waals surface area contributed by atoms with Crippen LogP contribution in [0.3, 0.4) is 0 Å². The summed E-state index contributed by atoms with van der Waals surface area (Å²) in [5, 5.41) is 0.658. The Morgan fingerprint density at radius 3 is 2.80 bits per heavy atom. The normalized spacial score (nSPS) is 19.1. The fraction of sp³-hybridized carbons (Fsp3) is 0.500. The molecular weight excluding hydrogens is 290 g/mol. The smallest absolute Gasteiger partial charge is 0.262 e. The molecule has 106 valence electrons. The molecule has 0 saturated carbocycles. The number of rotatable bonds is 1. The first kappa shape index (κ1) is 14.0. The molecule has 1 aliphatic carbocycles. The molecule has 20 heavy (non-hydrogen) atoms. The Labute approximate surface area is 128 Å². The van der Waals surface area contributed by atoms with E-state index < -0.39 is 5.24 Å². The molecular formula is C16H18ClNOS. The third kappa shape index (κ3) is 2.49. The van der Waals surface area contributed by atoms with Gasteiger partial charge in [0.1, 0.15) is 4.83 Å². The summed E-state index contributed by atoms with van der Waals surface area (Å²) in [6.07, 6.45) is 3.32. The monoisotopic (exact) mass is 307 g/mol. The van der Waals surface area contributed by atoms with Crippen molar-refractivity contribution in [3.05, 3.63) is 28.3 Å². The summed E-state index contributed by atoms with van der Waals surface area (Å²) in [7, 11) is 0. The van der Waals surface area contributed by atoms with Gasteiger partial charge < -0.3 is 0 Å². The van der Waals surface area contributed by atoms with Crippen LogP contribution in [0.5, 0.6) is 0 Å². The third-order valence-corrected chi connectivity index (χ3v) is 5.65. The summed E-state index contributed by atoms with van der Waals surface area (Å²) < 4.78 is 0. The molecule has 1 aliphatic rings. The summed E-state index contributed by atoms with van der Waals surface area (Å²) in [5.41, 5.74) is 2.88. The summed E-state index contributed by atoms with van der Waals surface area (Å²) in [6, 6.07) is 4.07. The number of hydrogen-bond donors (Lipinski definition) is 0. The molecule has 2 nitrogen and oxygen atoms in total. The van der Waals surface area contributed by atoms with Gasteiger partial charge >= 0.3 is 0 Å². The van der Waals surface area contributed by atoms with Gasteiger partial charge in [0.05, 0.1) is 4.88 Å². The SMILES string of the molecule is CC(C)(C)C1CCc2nc3sc(C(=O)Cl)cc3cc2C1. The van der Waals surface area contributed by atoms with Crippen LogP contribution < -0.4 is 0 Å². The molecule has 2 aromatic rings. The second-order valence-corrected chi connectivity index (χ2v) is 8.05. The zero-order valence-corrected chi connectivity index (χ0v) is 13.6. The Morgan fingerprint density at radius 1 is 1.40 bits per heavy atom. The fourth-order valence-electron chi connectivity index (χ4n) is 2.96. The molecule has 4 heteroatoms. The number of halogens is 1. The van der Waals surface area contributed by atoms with Crippen LogP contribution in [0.1, 0.15) is 48.1 Å². The van der Waals surface area contributed by atoms with Crippen molar-refractivity contribution in [2.75, 3.05) is 0 Å². The lowest BCUT2D eigenvalue weighted by atomic mass is 9.71. The molecule has 0 saturated heterocycles. The maximum absolute atomic E-state index is 11.3. The number of hydrogen-bond acceptors (Lipinski definition) is 3. The summed E-state index contributed by atoms with van der Waals surface area (Å²) in [5.74, 6) is 0.696. The largest absolute Gasteiger partial charge is 0.275 e. The van der Waals surface area contributed by atoms with Crippen LogP contribution in [0.15, 0.2) is 12.1 Å². The molecule has 0 aliphatic heterocycles. The Bertz CT molecular complexity index is 684. The maximum atomic E-state index is 11.3. The van der Waals surface area contributed by atoms with Crippen LogP contribution >= 0.6 is 22.9 Å². The minimum atomic E-state index is -0.390. The quantitative estimate of drug-likeness (QED) is 0.707. The van der Waals surface area contributed by atoms with Crippen LogP contribution in [-0.2, 0) is 12.8 Å². The van der Waals surface area contributed by atoms with E-state index in [1.807, 2.05) is 6.07 Å². The highest BCUT2D eigenvalue weighted by Crippen LogP contribution is 2.38. The van der Waals surface area contributed by atoms with Gasteiger partial charge in [-0.15, -0.1) is 11.3 Å². The predicted octanol–water partition coefficient (Wildman–Crippen LogP) is 4.83. The number of aromatic nitrogens is 1.